The highest BCUT2D eigenvalue weighted by Crippen LogP contribution is 2.64. The highest BCUT2D eigenvalue weighted by molar-refractivity contribution is 8.76. The first-order valence-electron chi connectivity index (χ1n) is 21.4. The van der Waals surface area contributed by atoms with Crippen LogP contribution >= 0.6 is 21.6 Å². The van der Waals surface area contributed by atoms with Crippen LogP contribution in [0.2, 0.25) is 0 Å². The Morgan fingerprint density at radius 3 is 2.31 bits per heavy atom. The van der Waals surface area contributed by atoms with Crippen LogP contribution in [-0.4, -0.2) is 136 Å². The number of fused-ring (bicyclic) bond motifs is 5. The van der Waals surface area contributed by atoms with Gasteiger partial charge in [-0.25, -0.2) is 14.4 Å². The van der Waals surface area contributed by atoms with Gasteiger partial charge in [-0.2, -0.15) is 0 Å². The van der Waals surface area contributed by atoms with E-state index in [-0.39, 0.29) is 36.2 Å². The average Bonchev–Trinajstić information content (AvgIpc) is 3.20. The third-order valence-corrected chi connectivity index (χ3v) is 14.8. The van der Waals surface area contributed by atoms with Crippen molar-refractivity contribution in [2.24, 2.45) is 16.7 Å². The standard InChI is InChI=1S/C46H63NO16S2/c1-23(2)18-28(47-41(55)63-42(5,6)7)34(51)40(54)59-29-21-46(56)38(61-39(53)26-14-13-15-27(19-26)57-11)36-44(10,30(49)20-31-45(36,22-58-31)62-25(4)48)37(52)35(33(24(29)3)43(46,8)9)60-32(50)16-17-65-64-12/h13-15,18-19,28-31,34-36,38,49,51,56H,16-17,20-22H2,1-12H3,(H,47,55)/t28-,29-,30-,31+,34+,35+,36-,38-,44+,45-,46+/m0/s1. The zero-order valence-electron chi connectivity index (χ0n) is 39.0. The van der Waals surface area contributed by atoms with E-state index >= 15 is 4.79 Å². The maximum atomic E-state index is 15.8. The molecule has 3 aliphatic carbocycles. The molecular formula is C46H63NO16S2. The largest absolute Gasteiger partial charge is 0.497 e. The van der Waals surface area contributed by atoms with Crippen LogP contribution < -0.4 is 10.1 Å². The molecule has 4 N–H and O–H groups in total. The van der Waals surface area contributed by atoms with Crippen molar-refractivity contribution in [3.8, 4) is 5.75 Å². The molecule has 2 saturated carbocycles. The van der Waals surface area contributed by atoms with Gasteiger partial charge in [-0.15, -0.1) is 0 Å². The Morgan fingerprint density at radius 1 is 1.06 bits per heavy atom. The van der Waals surface area contributed by atoms with E-state index in [0.717, 1.165) is 6.92 Å². The molecule has 4 aliphatic rings. The summed E-state index contributed by atoms with van der Waals surface area (Å²) in [6.45, 7) is 15.2. The number of hydrogen-bond donors (Lipinski definition) is 4. The van der Waals surface area contributed by atoms with Gasteiger partial charge in [0.1, 0.15) is 35.3 Å². The number of ether oxygens (including phenoxy) is 7. The van der Waals surface area contributed by atoms with Gasteiger partial charge in [0.15, 0.2) is 23.6 Å². The molecule has 0 radical (unpaired) electrons. The molecule has 19 heteroatoms. The lowest BCUT2D eigenvalue weighted by Crippen LogP contribution is -2.82. The van der Waals surface area contributed by atoms with E-state index in [2.05, 4.69) is 5.32 Å². The third kappa shape index (κ3) is 10.1. The van der Waals surface area contributed by atoms with Crippen LogP contribution in [0.5, 0.6) is 5.75 Å². The monoisotopic (exact) mass is 949 g/mol. The first kappa shape index (κ1) is 51.8. The number of amides is 1. The Labute approximate surface area is 387 Å². The molecular weight excluding hydrogens is 887 g/mol. The summed E-state index contributed by atoms with van der Waals surface area (Å²) in [5, 5.41) is 40.1. The van der Waals surface area contributed by atoms with Crippen LogP contribution in [-0.2, 0) is 47.6 Å². The summed E-state index contributed by atoms with van der Waals surface area (Å²) in [5.41, 5.74) is -8.21. The molecule has 1 heterocycles. The molecule has 2 bridgehead atoms. The van der Waals surface area contributed by atoms with Gasteiger partial charge >= 0.3 is 30.0 Å². The summed E-state index contributed by atoms with van der Waals surface area (Å²) in [4.78, 5) is 84.3. The molecule has 17 nitrogen and oxygen atoms in total. The van der Waals surface area contributed by atoms with Crippen molar-refractivity contribution in [1.29, 1.82) is 0 Å². The maximum Gasteiger partial charge on any atom is 0.408 e. The molecule has 5 rings (SSSR count). The molecule has 0 spiro atoms. The van der Waals surface area contributed by atoms with Crippen molar-refractivity contribution in [2.45, 2.75) is 148 Å². The number of rotatable bonds is 14. The van der Waals surface area contributed by atoms with Crippen LogP contribution in [0.15, 0.2) is 47.1 Å². The number of methoxy groups -OCH3 is 1. The van der Waals surface area contributed by atoms with E-state index in [1.807, 2.05) is 6.26 Å². The smallest absolute Gasteiger partial charge is 0.408 e. The number of aliphatic hydroxyl groups excluding tert-OH is 2. The van der Waals surface area contributed by atoms with E-state index in [1.54, 1.807) is 60.6 Å². The lowest BCUT2D eigenvalue weighted by atomic mass is 9.44. The number of benzene rings is 1. The molecule has 1 amide bonds. The normalized spacial score (nSPS) is 31.2. The molecule has 1 aromatic rings. The summed E-state index contributed by atoms with van der Waals surface area (Å²) in [7, 11) is 4.21. The molecule has 1 saturated heterocycles. The van der Waals surface area contributed by atoms with Gasteiger partial charge in [0, 0.05) is 30.9 Å². The van der Waals surface area contributed by atoms with Crippen molar-refractivity contribution >= 4 is 57.3 Å². The fourth-order valence-electron chi connectivity index (χ4n) is 9.80. The van der Waals surface area contributed by atoms with E-state index < -0.39 is 118 Å². The Morgan fingerprint density at radius 2 is 1.74 bits per heavy atom. The van der Waals surface area contributed by atoms with Gasteiger partial charge in [-0.05, 0) is 84.1 Å². The van der Waals surface area contributed by atoms with Gasteiger partial charge < -0.3 is 53.8 Å². The number of alkyl carbamates (subject to hydrolysis) is 1. The number of nitrogens with one attached hydrogen (secondary N) is 1. The fourth-order valence-corrected chi connectivity index (χ4v) is 11.0. The molecule has 1 aliphatic heterocycles. The van der Waals surface area contributed by atoms with Crippen LogP contribution in [0.1, 0.15) is 98.9 Å². The first-order valence-corrected chi connectivity index (χ1v) is 24.1. The molecule has 3 fully saturated rings. The van der Waals surface area contributed by atoms with Gasteiger partial charge in [0.25, 0.3) is 0 Å². The van der Waals surface area contributed by atoms with Gasteiger partial charge in [-0.3, -0.25) is 14.4 Å². The minimum absolute atomic E-state index is 0.00930. The average molecular weight is 950 g/mol. The number of carbonyl (C=O) groups is 6. The SMILES string of the molecule is COc1cccc(C(=O)O[C@H]2[C@@H]3[C@]4(OC(C)=O)CO[C@@H]4C[C@H](O)[C@@]3(C)C(=O)[C@H](OC(=O)CCSSC)C3=C(C)[C@@H](OC(=O)[C@H](O)[C@H](C=C(C)C)NC(=O)OC(C)(C)C)C[C@]2(O)C3(C)C)c1. The minimum Gasteiger partial charge on any atom is -0.497 e. The number of ketones is 1. The number of carbonyl (C=O) groups excluding carboxylic acids is 6. The first-order chi connectivity index (χ1) is 30.2. The van der Waals surface area contributed by atoms with Gasteiger partial charge in [0.2, 0.25) is 0 Å². The second kappa shape index (κ2) is 19.6. The second-order valence-electron chi connectivity index (χ2n) is 19.0. The lowest BCUT2D eigenvalue weighted by Gasteiger charge is -2.67. The number of aliphatic hydroxyl groups is 3. The van der Waals surface area contributed by atoms with Crippen LogP contribution in [0, 0.1) is 16.7 Å². The zero-order valence-corrected chi connectivity index (χ0v) is 40.6. The van der Waals surface area contributed by atoms with Gasteiger partial charge in [-0.1, -0.05) is 53.2 Å². The van der Waals surface area contributed by atoms with Crippen LogP contribution in [0.3, 0.4) is 0 Å². The molecule has 0 aromatic heterocycles. The van der Waals surface area contributed by atoms with Gasteiger partial charge in [0.05, 0.1) is 49.2 Å². The molecule has 65 heavy (non-hydrogen) atoms. The number of Topliss-reactive ketones (excluding diaryl/α,β-unsaturated/α-hetero) is 1. The van der Waals surface area contributed by atoms with E-state index in [4.69, 9.17) is 33.2 Å². The zero-order chi connectivity index (χ0) is 48.6. The molecule has 11 atom stereocenters. The fraction of sp³-hybridized carbons (Fsp3) is 0.652. The van der Waals surface area contributed by atoms with E-state index in [0.29, 0.717) is 17.1 Å². The summed E-state index contributed by atoms with van der Waals surface area (Å²) in [5.74, 6) is -5.68. The number of esters is 4. The quantitative estimate of drug-likeness (QED) is 0.0643. The van der Waals surface area contributed by atoms with Crippen molar-refractivity contribution in [2.75, 3.05) is 25.7 Å². The Hall–Kier alpha value is -4.14. The third-order valence-electron chi connectivity index (χ3n) is 13.0. The minimum atomic E-state index is -2.43. The van der Waals surface area contributed by atoms with E-state index in [9.17, 15) is 39.3 Å². The molecule has 360 valence electrons. The number of hydrogen-bond acceptors (Lipinski definition) is 18. The Bertz CT molecular complexity index is 2090. The topological polar surface area (TPSA) is 240 Å². The lowest BCUT2D eigenvalue weighted by molar-refractivity contribution is -0.346. The number of allylic oxidation sites excluding steroid dienone is 1. The molecule has 0 unspecified atom stereocenters. The maximum absolute atomic E-state index is 15.8. The van der Waals surface area contributed by atoms with Crippen molar-refractivity contribution in [3.05, 3.63) is 52.6 Å². The Balaban J connectivity index is 1.76. The molecule has 1 aromatic carbocycles. The van der Waals surface area contributed by atoms with Crippen molar-refractivity contribution in [3.63, 3.8) is 0 Å². The second-order valence-corrected chi connectivity index (χ2v) is 21.7. The predicted octanol–water partition coefficient (Wildman–Crippen LogP) is 4.81. The Kier molecular flexibility index (Phi) is 15.6. The summed E-state index contributed by atoms with van der Waals surface area (Å²) >= 11 is 0. The summed E-state index contributed by atoms with van der Waals surface area (Å²) in [6, 6.07) is 4.63. The predicted molar refractivity (Wildman–Crippen MR) is 239 cm³/mol. The van der Waals surface area contributed by atoms with Crippen molar-refractivity contribution in [1.82, 2.24) is 5.32 Å². The highest BCUT2D eigenvalue weighted by atomic mass is 33.1. The van der Waals surface area contributed by atoms with E-state index in [1.165, 1.54) is 60.8 Å². The van der Waals surface area contributed by atoms with Crippen LogP contribution in [0.25, 0.3) is 0 Å². The summed E-state index contributed by atoms with van der Waals surface area (Å²) < 4.78 is 41.4. The summed E-state index contributed by atoms with van der Waals surface area (Å²) in [6.07, 6.45) is -8.52. The van der Waals surface area contributed by atoms with Crippen LogP contribution in [0.4, 0.5) is 4.79 Å². The van der Waals surface area contributed by atoms with Crippen molar-refractivity contribution < 1.29 is 77.2 Å². The highest BCUT2D eigenvalue weighted by Gasteiger charge is 2.78.